The van der Waals surface area contributed by atoms with Crippen LogP contribution >= 0.6 is 0 Å². The number of oxime groups is 1. The third-order valence-electron chi connectivity index (χ3n) is 6.96. The zero-order valence-electron chi connectivity index (χ0n) is 17.0. The van der Waals surface area contributed by atoms with Crippen molar-refractivity contribution in [2.75, 3.05) is 13.1 Å². The van der Waals surface area contributed by atoms with E-state index in [1.165, 1.54) is 57.1 Å². The molecule has 1 saturated heterocycles. The van der Waals surface area contributed by atoms with E-state index in [1.807, 2.05) is 7.85 Å². The van der Waals surface area contributed by atoms with Crippen LogP contribution in [-0.4, -0.2) is 43.6 Å². The average molecular weight is 370 g/mol. The lowest BCUT2D eigenvalue weighted by molar-refractivity contribution is -0.130. The summed E-state index contributed by atoms with van der Waals surface area (Å²) in [6.45, 7) is 9.74. The van der Waals surface area contributed by atoms with Crippen LogP contribution in [0, 0.1) is 17.8 Å². The first-order chi connectivity index (χ1) is 13.1. The molecular formula is C22H35BN2O2. The van der Waals surface area contributed by atoms with Crippen molar-refractivity contribution in [3.63, 3.8) is 0 Å². The fourth-order valence-corrected chi connectivity index (χ4v) is 5.16. The zero-order valence-corrected chi connectivity index (χ0v) is 17.0. The minimum Gasteiger partial charge on any atom is -0.387 e. The van der Waals surface area contributed by atoms with Crippen LogP contribution in [-0.2, 0) is 9.63 Å². The van der Waals surface area contributed by atoms with Crippen molar-refractivity contribution in [1.29, 1.82) is 0 Å². The van der Waals surface area contributed by atoms with E-state index in [4.69, 9.17) is 4.84 Å². The van der Waals surface area contributed by atoms with Crippen molar-refractivity contribution in [2.45, 2.75) is 70.2 Å². The van der Waals surface area contributed by atoms with Gasteiger partial charge in [0.15, 0.2) is 6.10 Å². The molecule has 5 heteroatoms. The number of hydrogen-bond acceptors (Lipinski definition) is 3. The predicted molar refractivity (Wildman–Crippen MR) is 114 cm³/mol. The van der Waals surface area contributed by atoms with E-state index in [9.17, 15) is 4.79 Å². The number of carbonyl (C=O) groups excluding carboxylic acids is 1. The number of piperidine rings is 1. The third-order valence-corrected chi connectivity index (χ3v) is 6.96. The average Bonchev–Trinajstić information content (AvgIpc) is 3.17. The zero-order chi connectivity index (χ0) is 19.2. The Balaban J connectivity index is 1.44. The van der Waals surface area contributed by atoms with Gasteiger partial charge in [-0.15, -0.1) is 0 Å². The van der Waals surface area contributed by atoms with Crippen molar-refractivity contribution >= 4 is 19.5 Å². The van der Waals surface area contributed by atoms with Gasteiger partial charge < -0.3 is 9.74 Å². The number of hydrogen-bond donors (Lipinski definition) is 0. The molecule has 0 aromatic carbocycles. The van der Waals surface area contributed by atoms with Gasteiger partial charge in [0.2, 0.25) is 5.91 Å². The Morgan fingerprint density at radius 2 is 1.78 bits per heavy atom. The molecule has 0 N–H and O–H groups in total. The minimum atomic E-state index is 0.00621. The lowest BCUT2D eigenvalue weighted by Gasteiger charge is -2.37. The van der Waals surface area contributed by atoms with Gasteiger partial charge in [0.1, 0.15) is 7.85 Å². The molecule has 1 unspecified atom stereocenters. The van der Waals surface area contributed by atoms with Gasteiger partial charge in [0.05, 0.1) is 5.71 Å². The number of carbonyl (C=O) groups is 1. The highest BCUT2D eigenvalue weighted by molar-refractivity contribution is 6.19. The Morgan fingerprint density at radius 1 is 1.15 bits per heavy atom. The summed E-state index contributed by atoms with van der Waals surface area (Å²) in [5.41, 5.74) is 2.18. The highest BCUT2D eigenvalue weighted by Crippen LogP contribution is 2.37. The van der Waals surface area contributed by atoms with E-state index in [0.29, 0.717) is 18.1 Å². The molecule has 0 spiro atoms. The predicted octanol–water partition coefficient (Wildman–Crippen LogP) is 3.75. The highest BCUT2D eigenvalue weighted by atomic mass is 16.6. The highest BCUT2D eigenvalue weighted by Gasteiger charge is 2.32. The summed E-state index contributed by atoms with van der Waals surface area (Å²) in [7, 11) is 1.97. The Labute approximate surface area is 165 Å². The molecule has 0 radical (unpaired) electrons. The maximum absolute atomic E-state index is 11.9. The Hall–Kier alpha value is -1.52. The summed E-state index contributed by atoms with van der Waals surface area (Å²) < 4.78 is 0. The first kappa shape index (κ1) is 20.2. The van der Waals surface area contributed by atoms with Gasteiger partial charge >= 0.3 is 0 Å². The molecule has 4 nitrogen and oxygen atoms in total. The maximum Gasteiger partial charge on any atom is 0.214 e. The van der Waals surface area contributed by atoms with Crippen molar-refractivity contribution < 1.29 is 9.63 Å². The number of amides is 1. The van der Waals surface area contributed by atoms with Crippen molar-refractivity contribution in [1.82, 2.24) is 4.90 Å². The van der Waals surface area contributed by atoms with E-state index in [2.05, 4.69) is 23.2 Å². The summed E-state index contributed by atoms with van der Waals surface area (Å²) in [6, 6.07) is 0. The molecule has 148 valence electrons. The summed E-state index contributed by atoms with van der Waals surface area (Å²) in [4.78, 5) is 19.5. The molecule has 0 bridgehead atoms. The fraction of sp³-hybridized carbons (Fsp3) is 0.727. The molecule has 0 aromatic rings. The number of likely N-dealkylation sites (tertiary alicyclic amines) is 1. The molecule has 3 rings (SSSR count). The first-order valence-electron chi connectivity index (χ1n) is 10.9. The molecule has 2 heterocycles. The largest absolute Gasteiger partial charge is 0.387 e. The second kappa shape index (κ2) is 9.61. The molecule has 0 aromatic heterocycles. The lowest BCUT2D eigenvalue weighted by Crippen LogP contribution is -2.40. The monoisotopic (exact) mass is 370 g/mol. The van der Waals surface area contributed by atoms with Crippen molar-refractivity contribution in [3.05, 3.63) is 24.8 Å². The van der Waals surface area contributed by atoms with E-state index in [-0.39, 0.29) is 6.10 Å². The SMILES string of the molecule is BCC(=O)N1CCC(C2CCCC(C3=NOC(C(=C)C=C)C3)CCC2)CC1. The molecule has 1 atom stereocenters. The molecule has 1 aliphatic carbocycles. The van der Waals surface area contributed by atoms with E-state index in [1.54, 1.807) is 6.08 Å². The van der Waals surface area contributed by atoms with Crippen LogP contribution in [0.1, 0.15) is 57.8 Å². The quantitative estimate of drug-likeness (QED) is 0.546. The van der Waals surface area contributed by atoms with Crippen molar-refractivity contribution in [2.24, 2.45) is 22.9 Å². The second-order valence-corrected chi connectivity index (χ2v) is 8.55. The molecule has 1 amide bonds. The van der Waals surface area contributed by atoms with Crippen LogP contribution in [0.25, 0.3) is 0 Å². The van der Waals surface area contributed by atoms with Crippen LogP contribution < -0.4 is 0 Å². The molecule has 1 saturated carbocycles. The van der Waals surface area contributed by atoms with E-state index >= 15 is 0 Å². The molecular weight excluding hydrogens is 335 g/mol. The van der Waals surface area contributed by atoms with Gasteiger partial charge in [-0.25, -0.2) is 0 Å². The van der Waals surface area contributed by atoms with Gasteiger partial charge in [-0.2, -0.15) is 0 Å². The van der Waals surface area contributed by atoms with Crippen LogP contribution in [0.15, 0.2) is 30.0 Å². The minimum absolute atomic E-state index is 0.00621. The molecule has 2 aliphatic heterocycles. The Bertz CT molecular complexity index is 571. The summed E-state index contributed by atoms with van der Waals surface area (Å²) in [5.74, 6) is 2.57. The van der Waals surface area contributed by atoms with Crippen molar-refractivity contribution in [3.8, 4) is 0 Å². The van der Waals surface area contributed by atoms with Crippen LogP contribution in [0.5, 0.6) is 0 Å². The number of nitrogens with zero attached hydrogens (tertiary/aromatic N) is 2. The molecule has 2 fully saturated rings. The molecule has 27 heavy (non-hydrogen) atoms. The van der Waals surface area contributed by atoms with Crippen LogP contribution in [0.2, 0.25) is 6.32 Å². The summed E-state index contributed by atoms with van der Waals surface area (Å²) in [6.07, 6.45) is 13.4. The fourth-order valence-electron chi connectivity index (χ4n) is 5.16. The van der Waals surface area contributed by atoms with E-state index in [0.717, 1.165) is 36.9 Å². The van der Waals surface area contributed by atoms with Gasteiger partial charge in [0, 0.05) is 25.4 Å². The third kappa shape index (κ3) is 5.06. The Kier molecular flexibility index (Phi) is 7.20. The standard InChI is InChI=1S/C22H35BN2O2/c1-3-16(2)21-14-20(24-27-21)19-8-4-6-17(7-5-9-19)18-10-12-25(13-11-18)22(26)15-23/h3,17-19,21H,1-2,4-15,23H2. The van der Waals surface area contributed by atoms with Gasteiger partial charge in [-0.1, -0.05) is 50.1 Å². The lowest BCUT2D eigenvalue weighted by atomic mass is 9.75. The summed E-state index contributed by atoms with van der Waals surface area (Å²) in [5, 5.41) is 4.39. The van der Waals surface area contributed by atoms with Crippen LogP contribution in [0.4, 0.5) is 0 Å². The van der Waals surface area contributed by atoms with Gasteiger partial charge in [-0.05, 0) is 49.4 Å². The number of rotatable bonds is 5. The topological polar surface area (TPSA) is 41.9 Å². The second-order valence-electron chi connectivity index (χ2n) is 8.55. The normalized spacial score (nSPS) is 30.0. The van der Waals surface area contributed by atoms with Gasteiger partial charge in [0.25, 0.3) is 0 Å². The first-order valence-corrected chi connectivity index (χ1v) is 10.9. The summed E-state index contributed by atoms with van der Waals surface area (Å²) >= 11 is 0. The maximum atomic E-state index is 11.9. The Morgan fingerprint density at radius 3 is 2.37 bits per heavy atom. The van der Waals surface area contributed by atoms with Gasteiger partial charge in [-0.3, -0.25) is 4.79 Å². The smallest absolute Gasteiger partial charge is 0.214 e. The van der Waals surface area contributed by atoms with Crippen LogP contribution in [0.3, 0.4) is 0 Å². The van der Waals surface area contributed by atoms with E-state index < -0.39 is 0 Å². The molecule has 3 aliphatic rings.